The van der Waals surface area contributed by atoms with Gasteiger partial charge in [-0.1, -0.05) is 28.9 Å². The van der Waals surface area contributed by atoms with Crippen LogP contribution >= 0.6 is 15.9 Å². The summed E-state index contributed by atoms with van der Waals surface area (Å²) in [4.78, 5) is 13.6. The maximum atomic E-state index is 11.6. The molecular weight excluding hydrogens is 294 g/mol. The summed E-state index contributed by atoms with van der Waals surface area (Å²) < 4.78 is 0.968. The summed E-state index contributed by atoms with van der Waals surface area (Å²) in [6, 6.07) is 5.83. The Morgan fingerprint density at radius 2 is 2.17 bits per heavy atom. The van der Waals surface area contributed by atoms with E-state index in [-0.39, 0.29) is 5.91 Å². The third-order valence-corrected chi connectivity index (χ3v) is 3.18. The molecule has 5 heteroatoms. The minimum Gasteiger partial charge on any atom is -0.398 e. The lowest BCUT2D eigenvalue weighted by Gasteiger charge is -2.20. The van der Waals surface area contributed by atoms with Crippen molar-refractivity contribution in [3.05, 3.63) is 28.2 Å². The summed E-state index contributed by atoms with van der Waals surface area (Å²) >= 11 is 3.38. The van der Waals surface area contributed by atoms with Crippen molar-refractivity contribution in [3.63, 3.8) is 0 Å². The molecule has 0 atom stereocenters. The van der Waals surface area contributed by atoms with Crippen LogP contribution in [-0.4, -0.2) is 30.4 Å². The van der Waals surface area contributed by atoms with Crippen LogP contribution in [0.15, 0.2) is 22.7 Å². The fourth-order valence-corrected chi connectivity index (χ4v) is 2.07. The molecule has 1 aromatic carbocycles. The number of rotatable bonds is 6. The number of likely N-dealkylation sites (N-methyl/N-ethyl adjacent to an activating group) is 2. The van der Waals surface area contributed by atoms with Crippen LogP contribution in [0.5, 0.6) is 0 Å². The van der Waals surface area contributed by atoms with Gasteiger partial charge in [-0.2, -0.15) is 0 Å². The van der Waals surface area contributed by atoms with E-state index in [4.69, 9.17) is 5.73 Å². The Morgan fingerprint density at radius 3 is 2.72 bits per heavy atom. The second kappa shape index (κ2) is 7.38. The number of nitrogens with two attached hydrogens (primary N) is 1. The van der Waals surface area contributed by atoms with Gasteiger partial charge < -0.3 is 11.1 Å². The Kier molecular flexibility index (Phi) is 6.15. The van der Waals surface area contributed by atoms with Crippen molar-refractivity contribution in [2.45, 2.75) is 20.4 Å². The topological polar surface area (TPSA) is 58.4 Å². The van der Waals surface area contributed by atoms with Crippen molar-refractivity contribution in [2.24, 2.45) is 0 Å². The Hall–Kier alpha value is -1.07. The molecule has 0 aliphatic heterocycles. The molecule has 0 unspecified atom stereocenters. The van der Waals surface area contributed by atoms with Crippen molar-refractivity contribution in [1.82, 2.24) is 10.2 Å². The largest absolute Gasteiger partial charge is 0.398 e. The second-order valence-corrected chi connectivity index (χ2v) is 5.02. The van der Waals surface area contributed by atoms with E-state index in [9.17, 15) is 4.79 Å². The van der Waals surface area contributed by atoms with Gasteiger partial charge in [0.05, 0.1) is 6.54 Å². The highest BCUT2D eigenvalue weighted by molar-refractivity contribution is 9.10. The van der Waals surface area contributed by atoms with Gasteiger partial charge in [0, 0.05) is 23.2 Å². The number of amides is 1. The molecule has 0 saturated heterocycles. The van der Waals surface area contributed by atoms with Crippen LogP contribution in [0.25, 0.3) is 0 Å². The number of anilines is 1. The molecule has 0 saturated carbocycles. The molecule has 0 radical (unpaired) electrons. The first kappa shape index (κ1) is 15.0. The molecule has 100 valence electrons. The van der Waals surface area contributed by atoms with E-state index in [2.05, 4.69) is 26.1 Å². The molecule has 0 aliphatic carbocycles. The molecule has 1 rings (SSSR count). The molecule has 0 aromatic heterocycles. The van der Waals surface area contributed by atoms with Crippen LogP contribution in [0, 0.1) is 0 Å². The number of carbonyl (C=O) groups is 1. The van der Waals surface area contributed by atoms with E-state index >= 15 is 0 Å². The minimum atomic E-state index is 0.0510. The average molecular weight is 314 g/mol. The standard InChI is InChI=1S/C13H20BrN3O/c1-3-16-13(18)9-17(4-2)8-10-5-6-11(14)7-12(10)15/h5-7H,3-4,8-9,15H2,1-2H3,(H,16,18). The number of nitrogen functional groups attached to an aromatic ring is 1. The third-order valence-electron chi connectivity index (χ3n) is 2.69. The second-order valence-electron chi connectivity index (χ2n) is 4.10. The predicted octanol–water partition coefficient (Wildman–Crippen LogP) is 1.99. The molecule has 3 N–H and O–H groups in total. The smallest absolute Gasteiger partial charge is 0.234 e. The number of hydrogen-bond acceptors (Lipinski definition) is 3. The van der Waals surface area contributed by atoms with Gasteiger partial charge in [-0.25, -0.2) is 0 Å². The van der Waals surface area contributed by atoms with E-state index in [0.29, 0.717) is 19.6 Å². The van der Waals surface area contributed by atoms with Gasteiger partial charge in [-0.05, 0) is 31.2 Å². The number of carbonyl (C=O) groups excluding carboxylic acids is 1. The molecular formula is C13H20BrN3O. The molecule has 0 aliphatic rings. The maximum absolute atomic E-state index is 11.6. The molecule has 1 aromatic rings. The SMILES string of the molecule is CCNC(=O)CN(CC)Cc1ccc(Br)cc1N. The average Bonchev–Trinajstić information content (AvgIpc) is 2.31. The summed E-state index contributed by atoms with van der Waals surface area (Å²) in [6.07, 6.45) is 0. The van der Waals surface area contributed by atoms with E-state index in [1.165, 1.54) is 0 Å². The van der Waals surface area contributed by atoms with Crippen LogP contribution in [0.3, 0.4) is 0 Å². The van der Waals surface area contributed by atoms with Crippen molar-refractivity contribution in [3.8, 4) is 0 Å². The van der Waals surface area contributed by atoms with Crippen molar-refractivity contribution < 1.29 is 4.79 Å². The van der Waals surface area contributed by atoms with Gasteiger partial charge >= 0.3 is 0 Å². The highest BCUT2D eigenvalue weighted by Crippen LogP contribution is 2.19. The first-order valence-corrected chi connectivity index (χ1v) is 6.89. The summed E-state index contributed by atoms with van der Waals surface area (Å²) in [6.45, 7) is 6.52. The van der Waals surface area contributed by atoms with Crippen LogP contribution in [0.1, 0.15) is 19.4 Å². The number of halogens is 1. The molecule has 18 heavy (non-hydrogen) atoms. The van der Waals surface area contributed by atoms with Gasteiger partial charge in [-0.3, -0.25) is 9.69 Å². The monoisotopic (exact) mass is 313 g/mol. The zero-order valence-electron chi connectivity index (χ0n) is 10.9. The normalized spacial score (nSPS) is 10.7. The van der Waals surface area contributed by atoms with E-state index in [0.717, 1.165) is 22.3 Å². The van der Waals surface area contributed by atoms with Crippen molar-refractivity contribution >= 4 is 27.5 Å². The first-order chi connectivity index (χ1) is 8.56. The Labute approximate surface area is 117 Å². The number of benzene rings is 1. The minimum absolute atomic E-state index is 0.0510. The van der Waals surface area contributed by atoms with Crippen LogP contribution in [0.4, 0.5) is 5.69 Å². The van der Waals surface area contributed by atoms with E-state index in [1.54, 1.807) is 0 Å². The molecule has 0 spiro atoms. The zero-order chi connectivity index (χ0) is 13.5. The lowest BCUT2D eigenvalue weighted by molar-refractivity contribution is -0.122. The van der Waals surface area contributed by atoms with Gasteiger partial charge in [0.15, 0.2) is 0 Å². The lowest BCUT2D eigenvalue weighted by Crippen LogP contribution is -2.36. The number of nitrogens with zero attached hydrogens (tertiary/aromatic N) is 1. The van der Waals surface area contributed by atoms with Gasteiger partial charge in [0.1, 0.15) is 0 Å². The lowest BCUT2D eigenvalue weighted by atomic mass is 10.1. The number of hydrogen-bond donors (Lipinski definition) is 2. The predicted molar refractivity (Wildman–Crippen MR) is 78.2 cm³/mol. The summed E-state index contributed by atoms with van der Waals surface area (Å²) in [5, 5.41) is 2.80. The van der Waals surface area contributed by atoms with Gasteiger partial charge in [0.2, 0.25) is 5.91 Å². The van der Waals surface area contributed by atoms with E-state index < -0.39 is 0 Å². The first-order valence-electron chi connectivity index (χ1n) is 6.09. The third kappa shape index (κ3) is 4.66. The summed E-state index contributed by atoms with van der Waals surface area (Å²) in [5.74, 6) is 0.0510. The fraction of sp³-hybridized carbons (Fsp3) is 0.462. The highest BCUT2D eigenvalue weighted by Gasteiger charge is 2.10. The van der Waals surface area contributed by atoms with Crippen molar-refractivity contribution in [1.29, 1.82) is 0 Å². The molecule has 1 amide bonds. The van der Waals surface area contributed by atoms with Crippen molar-refractivity contribution in [2.75, 3.05) is 25.4 Å². The van der Waals surface area contributed by atoms with Crippen LogP contribution < -0.4 is 11.1 Å². The summed E-state index contributed by atoms with van der Waals surface area (Å²) in [5.41, 5.74) is 7.75. The maximum Gasteiger partial charge on any atom is 0.234 e. The number of nitrogens with one attached hydrogen (secondary N) is 1. The quantitative estimate of drug-likeness (QED) is 0.790. The Morgan fingerprint density at radius 1 is 1.44 bits per heavy atom. The highest BCUT2D eigenvalue weighted by atomic mass is 79.9. The fourth-order valence-electron chi connectivity index (χ4n) is 1.69. The van der Waals surface area contributed by atoms with Crippen LogP contribution in [-0.2, 0) is 11.3 Å². The summed E-state index contributed by atoms with van der Waals surface area (Å²) in [7, 11) is 0. The molecule has 4 nitrogen and oxygen atoms in total. The molecule has 0 fully saturated rings. The molecule has 0 heterocycles. The van der Waals surface area contributed by atoms with Gasteiger partial charge in [0.25, 0.3) is 0 Å². The zero-order valence-corrected chi connectivity index (χ0v) is 12.5. The van der Waals surface area contributed by atoms with E-state index in [1.807, 2.05) is 32.0 Å². The molecule has 0 bridgehead atoms. The van der Waals surface area contributed by atoms with Crippen LogP contribution in [0.2, 0.25) is 0 Å². The Balaban J connectivity index is 2.65. The van der Waals surface area contributed by atoms with Gasteiger partial charge in [-0.15, -0.1) is 0 Å². The Bertz CT molecular complexity index is 409.